The van der Waals surface area contributed by atoms with Crippen LogP contribution in [0.4, 0.5) is 10.8 Å². The average Bonchev–Trinajstić information content (AvgIpc) is 3.19. The summed E-state index contributed by atoms with van der Waals surface area (Å²) in [4.78, 5) is 4.52. The largest absolute Gasteiger partial charge is 0.472 e. The normalized spacial score (nSPS) is 12.0. The third kappa shape index (κ3) is 2.68. The standard InChI is InChI=1S/C14H10N2O3S.ClH/c1-2-12-13(19-8-18-12)5-10(1)15-14-16-11(7-20-14)9-3-4-17-6-9;/h1-7H,8H2,(H,15,16);1H. The molecule has 3 aromatic rings. The molecule has 2 aromatic heterocycles. The van der Waals surface area contributed by atoms with Crippen LogP contribution in [0.3, 0.4) is 0 Å². The molecule has 108 valence electrons. The predicted molar refractivity (Wildman–Crippen MR) is 82.9 cm³/mol. The van der Waals surface area contributed by atoms with Crippen molar-refractivity contribution in [3.8, 4) is 22.8 Å². The van der Waals surface area contributed by atoms with Gasteiger partial charge in [0.1, 0.15) is 0 Å². The van der Waals surface area contributed by atoms with Crippen LogP contribution in [0.2, 0.25) is 0 Å². The second-order valence-electron chi connectivity index (χ2n) is 4.24. The molecule has 1 N–H and O–H groups in total. The van der Waals surface area contributed by atoms with Crippen LogP contribution in [0.15, 0.2) is 46.6 Å². The van der Waals surface area contributed by atoms with E-state index in [-0.39, 0.29) is 19.2 Å². The van der Waals surface area contributed by atoms with Gasteiger partial charge in [0.2, 0.25) is 6.79 Å². The lowest BCUT2D eigenvalue weighted by atomic mass is 10.3. The van der Waals surface area contributed by atoms with Gasteiger partial charge in [0, 0.05) is 22.7 Å². The van der Waals surface area contributed by atoms with Gasteiger partial charge in [-0.1, -0.05) is 0 Å². The molecule has 1 aliphatic rings. The Kier molecular flexibility index (Phi) is 3.72. The SMILES string of the molecule is Cl.c1cc(-c2csc(Nc3ccc4c(c3)OCO4)n2)co1. The highest BCUT2D eigenvalue weighted by atomic mass is 35.5. The molecular weight excluding hydrogens is 312 g/mol. The number of hydrogen-bond acceptors (Lipinski definition) is 6. The van der Waals surface area contributed by atoms with Crippen molar-refractivity contribution in [3.63, 3.8) is 0 Å². The van der Waals surface area contributed by atoms with Crippen LogP contribution in [0.25, 0.3) is 11.3 Å². The molecule has 0 atom stereocenters. The fourth-order valence-corrected chi connectivity index (χ4v) is 2.71. The maximum atomic E-state index is 5.35. The van der Waals surface area contributed by atoms with Crippen molar-refractivity contribution in [2.24, 2.45) is 0 Å². The topological polar surface area (TPSA) is 56.5 Å². The van der Waals surface area contributed by atoms with Gasteiger partial charge >= 0.3 is 0 Å². The Bertz CT molecular complexity index is 743. The molecule has 5 nitrogen and oxygen atoms in total. The average molecular weight is 323 g/mol. The van der Waals surface area contributed by atoms with E-state index in [4.69, 9.17) is 13.9 Å². The number of rotatable bonds is 3. The molecule has 0 unspecified atom stereocenters. The number of fused-ring (bicyclic) bond motifs is 1. The van der Waals surface area contributed by atoms with E-state index in [2.05, 4.69) is 10.3 Å². The molecule has 21 heavy (non-hydrogen) atoms. The number of halogens is 1. The van der Waals surface area contributed by atoms with Gasteiger partial charge in [-0.2, -0.15) is 0 Å². The van der Waals surface area contributed by atoms with E-state index in [1.165, 1.54) is 11.3 Å². The first-order chi connectivity index (χ1) is 9.88. The number of ether oxygens (including phenoxy) is 2. The first-order valence-electron chi connectivity index (χ1n) is 6.03. The number of thiazole rings is 1. The Morgan fingerprint density at radius 3 is 2.90 bits per heavy atom. The van der Waals surface area contributed by atoms with Crippen molar-refractivity contribution in [1.82, 2.24) is 4.98 Å². The summed E-state index contributed by atoms with van der Waals surface area (Å²) < 4.78 is 15.7. The predicted octanol–water partition coefficient (Wildman–Crippen LogP) is 4.30. The van der Waals surface area contributed by atoms with E-state index >= 15 is 0 Å². The van der Waals surface area contributed by atoms with Crippen molar-refractivity contribution in [3.05, 3.63) is 42.2 Å². The second kappa shape index (κ2) is 5.67. The summed E-state index contributed by atoms with van der Waals surface area (Å²) >= 11 is 1.54. The lowest BCUT2D eigenvalue weighted by molar-refractivity contribution is 0.174. The zero-order valence-corrected chi connectivity index (χ0v) is 12.4. The van der Waals surface area contributed by atoms with Crippen LogP contribution >= 0.6 is 23.7 Å². The summed E-state index contributed by atoms with van der Waals surface area (Å²) in [6.45, 7) is 0.278. The van der Waals surface area contributed by atoms with Crippen molar-refractivity contribution >= 4 is 34.6 Å². The van der Waals surface area contributed by atoms with E-state index in [1.54, 1.807) is 12.5 Å². The Labute approximate surface area is 130 Å². The zero-order chi connectivity index (χ0) is 13.4. The number of nitrogens with one attached hydrogen (secondary N) is 1. The molecular formula is C14H11ClN2O3S. The minimum atomic E-state index is 0. The first-order valence-corrected chi connectivity index (χ1v) is 6.91. The quantitative estimate of drug-likeness (QED) is 0.779. The Hall–Kier alpha value is -2.18. The second-order valence-corrected chi connectivity index (χ2v) is 5.10. The van der Waals surface area contributed by atoms with Crippen molar-refractivity contribution in [1.29, 1.82) is 0 Å². The molecule has 1 aliphatic heterocycles. The molecule has 0 fully saturated rings. The Balaban J connectivity index is 0.00000132. The monoisotopic (exact) mass is 322 g/mol. The van der Waals surface area contributed by atoms with Crippen LogP contribution in [0, 0.1) is 0 Å². The zero-order valence-electron chi connectivity index (χ0n) is 10.7. The van der Waals surface area contributed by atoms with Crippen molar-refractivity contribution in [2.45, 2.75) is 0 Å². The van der Waals surface area contributed by atoms with E-state index in [1.807, 2.05) is 29.6 Å². The number of benzene rings is 1. The van der Waals surface area contributed by atoms with Crippen LogP contribution in [-0.2, 0) is 0 Å². The molecule has 0 spiro atoms. The number of furan rings is 1. The summed E-state index contributed by atoms with van der Waals surface area (Å²) in [5, 5.41) is 6.06. The maximum absolute atomic E-state index is 5.35. The molecule has 0 aliphatic carbocycles. The number of anilines is 2. The minimum Gasteiger partial charge on any atom is -0.472 e. The highest BCUT2D eigenvalue weighted by molar-refractivity contribution is 7.14. The first kappa shape index (κ1) is 13.8. The van der Waals surface area contributed by atoms with Crippen molar-refractivity contribution in [2.75, 3.05) is 12.1 Å². The lowest BCUT2D eigenvalue weighted by Gasteiger charge is -2.03. The van der Waals surface area contributed by atoms with Gasteiger partial charge in [-0.05, 0) is 18.2 Å². The molecule has 1 aromatic carbocycles. The van der Waals surface area contributed by atoms with Crippen LogP contribution in [0.5, 0.6) is 11.5 Å². The molecule has 0 amide bonds. The minimum absolute atomic E-state index is 0. The number of hydrogen-bond donors (Lipinski definition) is 1. The third-order valence-electron chi connectivity index (χ3n) is 2.94. The van der Waals surface area contributed by atoms with Gasteiger partial charge in [0.25, 0.3) is 0 Å². The van der Waals surface area contributed by atoms with Gasteiger partial charge < -0.3 is 19.2 Å². The Morgan fingerprint density at radius 1 is 1.14 bits per heavy atom. The molecule has 3 heterocycles. The van der Waals surface area contributed by atoms with Crippen LogP contribution < -0.4 is 14.8 Å². The summed E-state index contributed by atoms with van der Waals surface area (Å²) in [7, 11) is 0. The summed E-state index contributed by atoms with van der Waals surface area (Å²) in [6.07, 6.45) is 3.32. The molecule has 4 rings (SSSR count). The lowest BCUT2D eigenvalue weighted by Crippen LogP contribution is -1.93. The third-order valence-corrected chi connectivity index (χ3v) is 3.70. The molecule has 0 saturated heterocycles. The fraction of sp³-hybridized carbons (Fsp3) is 0.0714. The molecule has 0 saturated carbocycles. The molecule has 0 radical (unpaired) electrons. The van der Waals surface area contributed by atoms with E-state index in [9.17, 15) is 0 Å². The van der Waals surface area contributed by atoms with E-state index in [0.717, 1.165) is 33.6 Å². The highest BCUT2D eigenvalue weighted by Crippen LogP contribution is 2.35. The fourth-order valence-electron chi connectivity index (χ4n) is 1.97. The maximum Gasteiger partial charge on any atom is 0.231 e. The van der Waals surface area contributed by atoms with Gasteiger partial charge in [0.15, 0.2) is 16.6 Å². The van der Waals surface area contributed by atoms with E-state index < -0.39 is 0 Å². The smallest absolute Gasteiger partial charge is 0.231 e. The molecule has 7 heteroatoms. The number of nitrogens with zero attached hydrogens (tertiary/aromatic N) is 1. The van der Waals surface area contributed by atoms with Gasteiger partial charge in [-0.25, -0.2) is 4.98 Å². The van der Waals surface area contributed by atoms with Gasteiger partial charge in [0.05, 0.1) is 18.2 Å². The summed E-state index contributed by atoms with van der Waals surface area (Å²) in [6, 6.07) is 7.61. The van der Waals surface area contributed by atoms with Crippen molar-refractivity contribution < 1.29 is 13.9 Å². The highest BCUT2D eigenvalue weighted by Gasteiger charge is 2.14. The van der Waals surface area contributed by atoms with Crippen LogP contribution in [-0.4, -0.2) is 11.8 Å². The Morgan fingerprint density at radius 2 is 2.05 bits per heavy atom. The van der Waals surface area contributed by atoms with Crippen LogP contribution in [0.1, 0.15) is 0 Å². The van der Waals surface area contributed by atoms with Gasteiger partial charge in [-0.15, -0.1) is 23.7 Å². The van der Waals surface area contributed by atoms with Gasteiger partial charge in [-0.3, -0.25) is 0 Å². The summed E-state index contributed by atoms with van der Waals surface area (Å²) in [5.41, 5.74) is 2.79. The molecule has 0 bridgehead atoms. The van der Waals surface area contributed by atoms with E-state index in [0.29, 0.717) is 0 Å². The summed E-state index contributed by atoms with van der Waals surface area (Å²) in [5.74, 6) is 1.52. The number of aromatic nitrogens is 1.